The third-order valence-electron chi connectivity index (χ3n) is 3.43. The molecule has 120 valence electrons. The number of rotatable bonds is 6. The minimum Gasteiger partial charge on any atom is -0.496 e. The minimum absolute atomic E-state index is 0.231. The summed E-state index contributed by atoms with van der Waals surface area (Å²) < 4.78 is 38.0. The predicted molar refractivity (Wildman–Crippen MR) is 84.7 cm³/mol. The molecule has 0 saturated carbocycles. The molecule has 2 aromatic rings. The van der Waals surface area contributed by atoms with E-state index in [4.69, 9.17) is 9.15 Å². The molecule has 0 aliphatic rings. The standard InChI is InChI=1S/C16H21NO4S/c1-11-7-15(8-12(2)16(11)20-4)22(18,19)17-13(3)9-14-5-6-21-10-14/h5-8,10,13,17H,9H2,1-4H3. The van der Waals surface area contributed by atoms with Gasteiger partial charge in [-0.05, 0) is 62.1 Å². The molecular formula is C16H21NO4S. The number of furan rings is 1. The molecule has 1 atom stereocenters. The first-order valence-corrected chi connectivity index (χ1v) is 8.50. The van der Waals surface area contributed by atoms with Gasteiger partial charge in [0, 0.05) is 6.04 Å². The third kappa shape index (κ3) is 3.69. The highest BCUT2D eigenvalue weighted by Crippen LogP contribution is 2.26. The Morgan fingerprint density at radius 1 is 1.27 bits per heavy atom. The van der Waals surface area contributed by atoms with Crippen LogP contribution in [0.5, 0.6) is 5.75 Å². The average molecular weight is 323 g/mol. The van der Waals surface area contributed by atoms with Gasteiger partial charge in [-0.25, -0.2) is 13.1 Å². The minimum atomic E-state index is -3.57. The fraction of sp³-hybridized carbons (Fsp3) is 0.375. The number of methoxy groups -OCH3 is 1. The Morgan fingerprint density at radius 2 is 1.91 bits per heavy atom. The number of hydrogen-bond acceptors (Lipinski definition) is 4. The maximum Gasteiger partial charge on any atom is 0.240 e. The fourth-order valence-electron chi connectivity index (χ4n) is 2.52. The maximum absolute atomic E-state index is 12.5. The van der Waals surface area contributed by atoms with E-state index < -0.39 is 10.0 Å². The van der Waals surface area contributed by atoms with Gasteiger partial charge < -0.3 is 9.15 Å². The lowest BCUT2D eigenvalue weighted by molar-refractivity contribution is 0.408. The van der Waals surface area contributed by atoms with Crippen LogP contribution in [0.4, 0.5) is 0 Å². The highest BCUT2D eigenvalue weighted by molar-refractivity contribution is 7.89. The largest absolute Gasteiger partial charge is 0.496 e. The summed E-state index contributed by atoms with van der Waals surface area (Å²) in [4.78, 5) is 0.252. The Balaban J connectivity index is 2.19. The van der Waals surface area contributed by atoms with Crippen LogP contribution in [0.1, 0.15) is 23.6 Å². The monoisotopic (exact) mass is 323 g/mol. The van der Waals surface area contributed by atoms with Crippen molar-refractivity contribution in [3.05, 3.63) is 47.4 Å². The summed E-state index contributed by atoms with van der Waals surface area (Å²) in [6, 6.07) is 4.84. The summed E-state index contributed by atoms with van der Waals surface area (Å²) in [5, 5.41) is 0. The lowest BCUT2D eigenvalue weighted by Crippen LogP contribution is -2.34. The second-order valence-electron chi connectivity index (χ2n) is 5.45. The molecule has 1 heterocycles. The van der Waals surface area contributed by atoms with E-state index in [1.807, 2.05) is 26.8 Å². The van der Waals surface area contributed by atoms with Crippen LogP contribution in [0.2, 0.25) is 0 Å². The summed E-state index contributed by atoms with van der Waals surface area (Å²) in [7, 11) is -1.99. The zero-order valence-electron chi connectivity index (χ0n) is 13.2. The Kier molecular flexibility index (Phi) is 4.93. The van der Waals surface area contributed by atoms with Gasteiger partial charge in [-0.15, -0.1) is 0 Å². The first-order valence-electron chi connectivity index (χ1n) is 7.02. The molecule has 0 fully saturated rings. The molecule has 0 spiro atoms. The van der Waals surface area contributed by atoms with Crippen LogP contribution in [0, 0.1) is 13.8 Å². The van der Waals surface area contributed by atoms with E-state index in [0.29, 0.717) is 12.2 Å². The maximum atomic E-state index is 12.5. The highest BCUT2D eigenvalue weighted by Gasteiger charge is 2.20. The Bertz CT molecular complexity index is 713. The van der Waals surface area contributed by atoms with Gasteiger partial charge in [-0.2, -0.15) is 0 Å². The molecule has 1 unspecified atom stereocenters. The molecule has 0 aliphatic heterocycles. The van der Waals surface area contributed by atoms with Gasteiger partial charge in [0.1, 0.15) is 5.75 Å². The summed E-state index contributed by atoms with van der Waals surface area (Å²) in [6.45, 7) is 5.49. The van der Waals surface area contributed by atoms with Crippen molar-refractivity contribution < 1.29 is 17.6 Å². The zero-order chi connectivity index (χ0) is 16.3. The van der Waals surface area contributed by atoms with Crippen molar-refractivity contribution >= 4 is 10.0 Å². The molecule has 1 aromatic carbocycles. The lowest BCUT2D eigenvalue weighted by Gasteiger charge is -2.16. The van der Waals surface area contributed by atoms with Crippen molar-refractivity contribution in [2.24, 2.45) is 0 Å². The van der Waals surface area contributed by atoms with Gasteiger partial charge >= 0.3 is 0 Å². The number of sulfonamides is 1. The first kappa shape index (κ1) is 16.6. The zero-order valence-corrected chi connectivity index (χ0v) is 14.0. The van der Waals surface area contributed by atoms with Crippen LogP contribution in [0.15, 0.2) is 40.0 Å². The Labute approximate surface area is 131 Å². The topological polar surface area (TPSA) is 68.5 Å². The van der Waals surface area contributed by atoms with Crippen molar-refractivity contribution in [3.8, 4) is 5.75 Å². The normalized spacial score (nSPS) is 13.1. The molecule has 5 nitrogen and oxygen atoms in total. The fourth-order valence-corrected chi connectivity index (χ4v) is 3.94. The summed E-state index contributed by atoms with van der Waals surface area (Å²) in [6.07, 6.45) is 3.77. The predicted octanol–water partition coefficient (Wildman–Crippen LogP) is 2.81. The van der Waals surface area contributed by atoms with Crippen LogP contribution in [0.3, 0.4) is 0 Å². The molecule has 0 bridgehead atoms. The van der Waals surface area contributed by atoms with Crippen LogP contribution >= 0.6 is 0 Å². The van der Waals surface area contributed by atoms with E-state index >= 15 is 0 Å². The molecule has 0 radical (unpaired) electrons. The quantitative estimate of drug-likeness (QED) is 0.887. The van der Waals surface area contributed by atoms with Crippen LogP contribution in [0.25, 0.3) is 0 Å². The third-order valence-corrected chi connectivity index (χ3v) is 5.00. The molecule has 0 aliphatic carbocycles. The SMILES string of the molecule is COc1c(C)cc(S(=O)(=O)NC(C)Cc2ccoc2)cc1C. The van der Waals surface area contributed by atoms with Crippen molar-refractivity contribution in [2.75, 3.05) is 7.11 Å². The number of hydrogen-bond donors (Lipinski definition) is 1. The van der Waals surface area contributed by atoms with Gasteiger partial charge in [0.15, 0.2) is 0 Å². The van der Waals surface area contributed by atoms with Crippen molar-refractivity contribution in [1.29, 1.82) is 0 Å². The van der Waals surface area contributed by atoms with Crippen molar-refractivity contribution in [1.82, 2.24) is 4.72 Å². The summed E-state index contributed by atoms with van der Waals surface area (Å²) in [5.74, 6) is 0.713. The van der Waals surface area contributed by atoms with Gasteiger partial charge in [0.2, 0.25) is 10.0 Å². The van der Waals surface area contributed by atoms with Crippen LogP contribution in [-0.2, 0) is 16.4 Å². The molecular weight excluding hydrogens is 302 g/mol. The lowest BCUT2D eigenvalue weighted by atomic mass is 10.1. The second-order valence-corrected chi connectivity index (χ2v) is 7.16. The van der Waals surface area contributed by atoms with Crippen LogP contribution < -0.4 is 9.46 Å². The number of ether oxygens (including phenoxy) is 1. The summed E-state index contributed by atoms with van der Waals surface area (Å²) in [5.41, 5.74) is 2.55. The molecule has 2 rings (SSSR count). The molecule has 1 aromatic heterocycles. The smallest absolute Gasteiger partial charge is 0.240 e. The van der Waals surface area contributed by atoms with Gasteiger partial charge in [-0.3, -0.25) is 0 Å². The molecule has 0 saturated heterocycles. The Morgan fingerprint density at radius 3 is 2.41 bits per heavy atom. The summed E-state index contributed by atoms with van der Waals surface area (Å²) >= 11 is 0. The number of nitrogens with one attached hydrogen (secondary N) is 1. The van der Waals surface area contributed by atoms with Gasteiger partial charge in [0.05, 0.1) is 24.5 Å². The van der Waals surface area contributed by atoms with E-state index in [1.165, 1.54) is 0 Å². The molecule has 0 amide bonds. The highest BCUT2D eigenvalue weighted by atomic mass is 32.2. The van der Waals surface area contributed by atoms with Crippen LogP contribution in [-0.4, -0.2) is 21.6 Å². The van der Waals surface area contributed by atoms with Crippen molar-refractivity contribution in [3.63, 3.8) is 0 Å². The molecule has 1 N–H and O–H groups in total. The van der Waals surface area contributed by atoms with E-state index in [1.54, 1.807) is 31.8 Å². The molecule has 6 heteroatoms. The van der Waals surface area contributed by atoms with E-state index in [-0.39, 0.29) is 10.9 Å². The van der Waals surface area contributed by atoms with E-state index in [2.05, 4.69) is 4.72 Å². The average Bonchev–Trinajstić information content (AvgIpc) is 2.90. The van der Waals surface area contributed by atoms with Crippen molar-refractivity contribution in [2.45, 2.75) is 38.1 Å². The Hall–Kier alpha value is -1.79. The molecule has 22 heavy (non-hydrogen) atoms. The van der Waals surface area contributed by atoms with Gasteiger partial charge in [-0.1, -0.05) is 0 Å². The van der Waals surface area contributed by atoms with E-state index in [0.717, 1.165) is 16.7 Å². The second kappa shape index (κ2) is 6.54. The van der Waals surface area contributed by atoms with E-state index in [9.17, 15) is 8.42 Å². The first-order chi connectivity index (χ1) is 10.3. The number of aryl methyl sites for hydroxylation is 2. The van der Waals surface area contributed by atoms with Gasteiger partial charge in [0.25, 0.3) is 0 Å². The number of benzene rings is 1.